The van der Waals surface area contributed by atoms with E-state index in [4.69, 9.17) is 0 Å². The Morgan fingerprint density at radius 1 is 1.58 bits per heavy atom. The summed E-state index contributed by atoms with van der Waals surface area (Å²) in [7, 11) is 0. The van der Waals surface area contributed by atoms with Gasteiger partial charge in [-0.25, -0.2) is 0 Å². The molecule has 1 aromatic rings. The third-order valence-corrected chi connectivity index (χ3v) is 2.06. The lowest BCUT2D eigenvalue weighted by molar-refractivity contribution is -0.128. The summed E-state index contributed by atoms with van der Waals surface area (Å²) in [5.74, 6) is 0.126. The largest absolute Gasteiger partial charge is 0.349 e. The molecule has 1 N–H and O–H groups in total. The van der Waals surface area contributed by atoms with E-state index < -0.39 is 0 Å². The predicted octanol–water partition coefficient (Wildman–Crippen LogP) is 0.951. The zero-order valence-corrected chi connectivity index (χ0v) is 6.87. The van der Waals surface area contributed by atoms with Gasteiger partial charge in [0.05, 0.1) is 12.5 Å². The van der Waals surface area contributed by atoms with Crippen LogP contribution in [0.1, 0.15) is 23.7 Å². The summed E-state index contributed by atoms with van der Waals surface area (Å²) in [5, 5.41) is 2.80. The number of pyridine rings is 1. The summed E-state index contributed by atoms with van der Waals surface area (Å²) in [5.41, 5.74) is 2.10. The van der Waals surface area contributed by atoms with Gasteiger partial charge < -0.3 is 5.32 Å². The normalized spacial score (nSPS) is 21.4. The standard InChI is InChI=1S/C9H10N2O/c1-6-2-3-7(5-10-6)8-4-9(12)11-8/h2-3,5,8H,4H2,1H3,(H,11,12). The van der Waals surface area contributed by atoms with Gasteiger partial charge in [-0.2, -0.15) is 0 Å². The molecule has 1 aliphatic heterocycles. The zero-order chi connectivity index (χ0) is 8.55. The molecular formula is C9H10N2O. The third-order valence-electron chi connectivity index (χ3n) is 2.06. The Hall–Kier alpha value is -1.38. The van der Waals surface area contributed by atoms with Gasteiger partial charge in [0.1, 0.15) is 0 Å². The van der Waals surface area contributed by atoms with Crippen molar-refractivity contribution in [2.45, 2.75) is 19.4 Å². The molecule has 1 atom stereocenters. The summed E-state index contributed by atoms with van der Waals surface area (Å²) < 4.78 is 0. The van der Waals surface area contributed by atoms with Gasteiger partial charge in [-0.15, -0.1) is 0 Å². The fourth-order valence-corrected chi connectivity index (χ4v) is 1.25. The fraction of sp³-hybridized carbons (Fsp3) is 0.333. The van der Waals surface area contributed by atoms with Gasteiger partial charge in [0, 0.05) is 11.9 Å². The number of hydrogen-bond acceptors (Lipinski definition) is 2. The number of aryl methyl sites for hydroxylation is 1. The van der Waals surface area contributed by atoms with Gasteiger partial charge in [0.2, 0.25) is 5.91 Å². The van der Waals surface area contributed by atoms with E-state index in [1.807, 2.05) is 25.3 Å². The average molecular weight is 162 g/mol. The second kappa shape index (κ2) is 2.59. The van der Waals surface area contributed by atoms with Gasteiger partial charge in [0.15, 0.2) is 0 Å². The summed E-state index contributed by atoms with van der Waals surface area (Å²) in [4.78, 5) is 14.8. The van der Waals surface area contributed by atoms with Crippen molar-refractivity contribution in [1.29, 1.82) is 0 Å². The maximum absolute atomic E-state index is 10.6. The van der Waals surface area contributed by atoms with Crippen molar-refractivity contribution in [1.82, 2.24) is 10.3 Å². The summed E-state index contributed by atoms with van der Waals surface area (Å²) in [6.45, 7) is 1.95. The van der Waals surface area contributed by atoms with Crippen LogP contribution < -0.4 is 5.32 Å². The molecule has 1 saturated heterocycles. The first-order valence-corrected chi connectivity index (χ1v) is 3.97. The molecule has 2 rings (SSSR count). The second-order valence-corrected chi connectivity index (χ2v) is 3.06. The van der Waals surface area contributed by atoms with Crippen molar-refractivity contribution in [2.24, 2.45) is 0 Å². The van der Waals surface area contributed by atoms with Crippen LogP contribution in [0.5, 0.6) is 0 Å². The van der Waals surface area contributed by atoms with Crippen molar-refractivity contribution in [3.63, 3.8) is 0 Å². The number of rotatable bonds is 1. The molecule has 2 heterocycles. The molecule has 0 bridgehead atoms. The Morgan fingerprint density at radius 3 is 2.83 bits per heavy atom. The predicted molar refractivity (Wildman–Crippen MR) is 44.5 cm³/mol. The monoisotopic (exact) mass is 162 g/mol. The van der Waals surface area contributed by atoms with Crippen LogP contribution in [0.4, 0.5) is 0 Å². The minimum atomic E-state index is 0.126. The minimum Gasteiger partial charge on any atom is -0.349 e. The van der Waals surface area contributed by atoms with Crippen LogP contribution in [-0.4, -0.2) is 10.9 Å². The van der Waals surface area contributed by atoms with Crippen molar-refractivity contribution in [2.75, 3.05) is 0 Å². The number of carbonyl (C=O) groups is 1. The molecule has 0 radical (unpaired) electrons. The van der Waals surface area contributed by atoms with Crippen LogP contribution in [0.25, 0.3) is 0 Å². The van der Waals surface area contributed by atoms with E-state index in [0.29, 0.717) is 6.42 Å². The molecule has 0 saturated carbocycles. The molecule has 1 aromatic heterocycles. The summed E-state index contributed by atoms with van der Waals surface area (Å²) >= 11 is 0. The highest BCUT2D eigenvalue weighted by atomic mass is 16.2. The Labute approximate surface area is 70.8 Å². The van der Waals surface area contributed by atoms with Crippen LogP contribution in [-0.2, 0) is 4.79 Å². The smallest absolute Gasteiger partial charge is 0.222 e. The Morgan fingerprint density at radius 2 is 2.33 bits per heavy atom. The van der Waals surface area contributed by atoms with Gasteiger partial charge in [-0.1, -0.05) is 6.07 Å². The molecule has 1 aliphatic rings. The Balaban J connectivity index is 2.14. The average Bonchev–Trinajstić information content (AvgIpc) is 2.01. The number of aromatic nitrogens is 1. The molecule has 0 aliphatic carbocycles. The maximum Gasteiger partial charge on any atom is 0.222 e. The first-order chi connectivity index (χ1) is 5.75. The number of nitrogens with one attached hydrogen (secondary N) is 1. The minimum absolute atomic E-state index is 0.126. The van der Waals surface area contributed by atoms with Gasteiger partial charge in [0.25, 0.3) is 0 Å². The third kappa shape index (κ3) is 1.18. The van der Waals surface area contributed by atoms with Crippen LogP contribution in [0, 0.1) is 6.92 Å². The highest BCUT2D eigenvalue weighted by Gasteiger charge is 2.26. The number of amides is 1. The van der Waals surface area contributed by atoms with Gasteiger partial charge in [-0.3, -0.25) is 9.78 Å². The molecule has 0 aromatic carbocycles. The summed E-state index contributed by atoms with van der Waals surface area (Å²) in [6.07, 6.45) is 2.42. The van der Waals surface area contributed by atoms with Gasteiger partial charge in [-0.05, 0) is 18.6 Å². The highest BCUT2D eigenvalue weighted by molar-refractivity contribution is 5.83. The quantitative estimate of drug-likeness (QED) is 0.625. The molecule has 0 spiro atoms. The van der Waals surface area contributed by atoms with E-state index in [0.717, 1.165) is 11.3 Å². The van der Waals surface area contributed by atoms with E-state index in [1.54, 1.807) is 0 Å². The van der Waals surface area contributed by atoms with Crippen molar-refractivity contribution < 1.29 is 4.79 Å². The van der Waals surface area contributed by atoms with E-state index in [9.17, 15) is 4.79 Å². The molecule has 1 fully saturated rings. The molecule has 1 amide bonds. The first kappa shape index (κ1) is 7.28. The van der Waals surface area contributed by atoms with Crippen LogP contribution in [0.15, 0.2) is 18.3 Å². The zero-order valence-electron chi connectivity index (χ0n) is 6.87. The lowest BCUT2D eigenvalue weighted by Crippen LogP contribution is -2.41. The van der Waals surface area contributed by atoms with Crippen LogP contribution >= 0.6 is 0 Å². The lowest BCUT2D eigenvalue weighted by Gasteiger charge is -2.26. The second-order valence-electron chi connectivity index (χ2n) is 3.06. The lowest BCUT2D eigenvalue weighted by atomic mass is 9.99. The number of carbonyl (C=O) groups excluding carboxylic acids is 1. The maximum atomic E-state index is 10.6. The van der Waals surface area contributed by atoms with Crippen molar-refractivity contribution in [3.8, 4) is 0 Å². The van der Waals surface area contributed by atoms with E-state index in [2.05, 4.69) is 10.3 Å². The topological polar surface area (TPSA) is 42.0 Å². The molecule has 1 unspecified atom stereocenters. The van der Waals surface area contributed by atoms with E-state index >= 15 is 0 Å². The van der Waals surface area contributed by atoms with Gasteiger partial charge >= 0.3 is 0 Å². The molecule has 3 nitrogen and oxygen atoms in total. The Bertz CT molecular complexity index is 297. The van der Waals surface area contributed by atoms with E-state index in [1.165, 1.54) is 0 Å². The number of hydrogen-bond donors (Lipinski definition) is 1. The van der Waals surface area contributed by atoms with Crippen LogP contribution in [0.3, 0.4) is 0 Å². The van der Waals surface area contributed by atoms with E-state index in [-0.39, 0.29) is 11.9 Å². The summed E-state index contributed by atoms with van der Waals surface area (Å²) in [6, 6.07) is 4.16. The first-order valence-electron chi connectivity index (χ1n) is 3.97. The Kier molecular flexibility index (Phi) is 1.57. The fourth-order valence-electron chi connectivity index (χ4n) is 1.25. The number of nitrogens with zero attached hydrogens (tertiary/aromatic N) is 1. The van der Waals surface area contributed by atoms with Crippen molar-refractivity contribution in [3.05, 3.63) is 29.6 Å². The van der Waals surface area contributed by atoms with Crippen molar-refractivity contribution >= 4 is 5.91 Å². The highest BCUT2D eigenvalue weighted by Crippen LogP contribution is 2.22. The SMILES string of the molecule is Cc1ccc(C2CC(=O)N2)cn1. The molecule has 12 heavy (non-hydrogen) atoms. The van der Waals surface area contributed by atoms with Crippen LogP contribution in [0.2, 0.25) is 0 Å². The molecule has 3 heteroatoms. The molecular weight excluding hydrogens is 152 g/mol. The number of β-lactam (4-membered cyclic amide) rings is 1. The molecule has 62 valence electrons.